The van der Waals surface area contributed by atoms with E-state index in [2.05, 4.69) is 22.2 Å². The number of nitrogens with zero attached hydrogens (tertiary/aromatic N) is 2. The molecule has 0 bridgehead atoms. The molecule has 1 saturated heterocycles. The van der Waals surface area contributed by atoms with E-state index in [0.29, 0.717) is 6.04 Å². The zero-order valence-electron chi connectivity index (χ0n) is 11.8. The molecule has 3 heterocycles. The highest BCUT2D eigenvalue weighted by molar-refractivity contribution is 7.13. The maximum Gasteiger partial charge on any atom is 0.236 e. The van der Waals surface area contributed by atoms with E-state index in [1.165, 1.54) is 19.3 Å². The van der Waals surface area contributed by atoms with Gasteiger partial charge in [-0.05, 0) is 37.9 Å². The van der Waals surface area contributed by atoms with Gasteiger partial charge in [0.25, 0.3) is 0 Å². The molecule has 1 atom stereocenters. The predicted octanol–water partition coefficient (Wildman–Crippen LogP) is 2.98. The third-order valence-electron chi connectivity index (χ3n) is 3.66. The van der Waals surface area contributed by atoms with Crippen LogP contribution >= 0.6 is 11.3 Å². The predicted molar refractivity (Wildman–Crippen MR) is 81.8 cm³/mol. The lowest BCUT2D eigenvalue weighted by atomic mass is 10.0. The Morgan fingerprint density at radius 1 is 1.50 bits per heavy atom. The van der Waals surface area contributed by atoms with Crippen molar-refractivity contribution in [3.8, 4) is 10.8 Å². The third kappa shape index (κ3) is 3.48. The van der Waals surface area contributed by atoms with Crippen molar-refractivity contribution in [2.75, 3.05) is 20.1 Å². The normalized spacial score (nSPS) is 19.6. The Balaban J connectivity index is 1.54. The summed E-state index contributed by atoms with van der Waals surface area (Å²) >= 11 is 1.66. The van der Waals surface area contributed by atoms with Gasteiger partial charge in [0.15, 0.2) is 0 Å². The van der Waals surface area contributed by atoms with E-state index in [9.17, 15) is 0 Å². The Labute approximate surface area is 123 Å². The fourth-order valence-electron chi connectivity index (χ4n) is 2.69. The molecule has 3 rings (SSSR count). The zero-order valence-corrected chi connectivity index (χ0v) is 12.7. The van der Waals surface area contributed by atoms with E-state index in [4.69, 9.17) is 4.42 Å². The molecule has 0 radical (unpaired) electrons. The van der Waals surface area contributed by atoms with Crippen LogP contribution in [-0.2, 0) is 6.54 Å². The minimum absolute atomic E-state index is 0.623. The Morgan fingerprint density at radius 2 is 2.45 bits per heavy atom. The number of nitrogens with one attached hydrogen (secondary N) is 1. The van der Waals surface area contributed by atoms with Crippen LogP contribution in [-0.4, -0.2) is 36.1 Å². The molecule has 2 aromatic rings. The van der Waals surface area contributed by atoms with Gasteiger partial charge in [-0.2, -0.15) is 0 Å². The van der Waals surface area contributed by atoms with Crippen LogP contribution < -0.4 is 5.32 Å². The Bertz CT molecular complexity index is 517. The summed E-state index contributed by atoms with van der Waals surface area (Å²) in [5, 5.41) is 5.62. The number of aromatic nitrogens is 1. The van der Waals surface area contributed by atoms with E-state index >= 15 is 0 Å². The van der Waals surface area contributed by atoms with E-state index in [0.717, 1.165) is 36.1 Å². The lowest BCUT2D eigenvalue weighted by Crippen LogP contribution is -2.42. The summed E-state index contributed by atoms with van der Waals surface area (Å²) in [5.41, 5.74) is 1.01. The van der Waals surface area contributed by atoms with Crippen LogP contribution in [0.2, 0.25) is 0 Å². The van der Waals surface area contributed by atoms with Crippen molar-refractivity contribution in [3.05, 3.63) is 29.5 Å². The molecule has 2 aromatic heterocycles. The van der Waals surface area contributed by atoms with Gasteiger partial charge in [-0.15, -0.1) is 11.3 Å². The molecule has 108 valence electrons. The topological polar surface area (TPSA) is 41.3 Å². The highest BCUT2D eigenvalue weighted by Crippen LogP contribution is 2.23. The molecule has 0 spiro atoms. The summed E-state index contributed by atoms with van der Waals surface area (Å²) < 4.78 is 5.56. The van der Waals surface area contributed by atoms with Crippen LogP contribution in [0.15, 0.2) is 28.2 Å². The van der Waals surface area contributed by atoms with Crippen molar-refractivity contribution in [1.82, 2.24) is 15.2 Å². The number of rotatable bonds is 5. The van der Waals surface area contributed by atoms with Gasteiger partial charge in [0.05, 0.1) is 10.6 Å². The lowest BCUT2D eigenvalue weighted by Gasteiger charge is -2.27. The van der Waals surface area contributed by atoms with Gasteiger partial charge in [0.1, 0.15) is 6.26 Å². The average Bonchev–Trinajstić information content (AvgIpc) is 3.10. The first-order valence-electron chi connectivity index (χ1n) is 7.21. The molecule has 1 aliphatic rings. The Morgan fingerprint density at radius 3 is 3.20 bits per heavy atom. The number of piperidine rings is 1. The van der Waals surface area contributed by atoms with E-state index in [-0.39, 0.29) is 0 Å². The summed E-state index contributed by atoms with van der Waals surface area (Å²) in [6.07, 6.45) is 5.72. The van der Waals surface area contributed by atoms with Crippen LogP contribution in [0.1, 0.15) is 25.0 Å². The van der Waals surface area contributed by atoms with E-state index in [1.807, 2.05) is 17.5 Å². The molecule has 4 nitrogen and oxygen atoms in total. The maximum absolute atomic E-state index is 5.56. The molecule has 1 N–H and O–H groups in total. The molecule has 0 aliphatic carbocycles. The SMILES string of the molecule is CN(Cc1coc(-c2cccs2)n1)CC1CCCCN1. The molecule has 20 heavy (non-hydrogen) atoms. The monoisotopic (exact) mass is 291 g/mol. The van der Waals surface area contributed by atoms with Crippen LogP contribution in [0.5, 0.6) is 0 Å². The second-order valence-electron chi connectivity index (χ2n) is 5.46. The summed E-state index contributed by atoms with van der Waals surface area (Å²) in [5.74, 6) is 0.735. The molecule has 1 aliphatic heterocycles. The van der Waals surface area contributed by atoms with Crippen molar-refractivity contribution in [1.29, 1.82) is 0 Å². The second kappa shape index (κ2) is 6.52. The minimum atomic E-state index is 0.623. The maximum atomic E-state index is 5.56. The van der Waals surface area contributed by atoms with Crippen molar-refractivity contribution in [2.45, 2.75) is 31.8 Å². The fourth-order valence-corrected chi connectivity index (χ4v) is 3.35. The van der Waals surface area contributed by atoms with Gasteiger partial charge >= 0.3 is 0 Å². The van der Waals surface area contributed by atoms with E-state index in [1.54, 1.807) is 17.6 Å². The first kappa shape index (κ1) is 13.8. The molecular formula is C15H21N3OS. The molecule has 0 aromatic carbocycles. The fraction of sp³-hybridized carbons (Fsp3) is 0.533. The first-order chi connectivity index (χ1) is 9.81. The highest BCUT2D eigenvalue weighted by Gasteiger charge is 2.16. The lowest BCUT2D eigenvalue weighted by molar-refractivity contribution is 0.254. The van der Waals surface area contributed by atoms with Gasteiger partial charge in [0, 0.05) is 19.1 Å². The van der Waals surface area contributed by atoms with Gasteiger partial charge in [-0.3, -0.25) is 4.90 Å². The molecule has 1 unspecified atom stereocenters. The van der Waals surface area contributed by atoms with Crippen LogP contribution in [0, 0.1) is 0 Å². The molecule has 0 saturated carbocycles. The van der Waals surface area contributed by atoms with Crippen molar-refractivity contribution >= 4 is 11.3 Å². The van der Waals surface area contributed by atoms with Gasteiger partial charge in [-0.1, -0.05) is 12.5 Å². The minimum Gasteiger partial charge on any atom is -0.444 e. The number of hydrogen-bond acceptors (Lipinski definition) is 5. The number of hydrogen-bond donors (Lipinski definition) is 1. The van der Waals surface area contributed by atoms with Crippen molar-refractivity contribution in [2.24, 2.45) is 0 Å². The molecule has 5 heteroatoms. The Kier molecular flexibility index (Phi) is 4.50. The number of thiophene rings is 1. The van der Waals surface area contributed by atoms with Crippen LogP contribution in [0.4, 0.5) is 0 Å². The first-order valence-corrected chi connectivity index (χ1v) is 8.09. The molecule has 0 amide bonds. The summed E-state index contributed by atoms with van der Waals surface area (Å²) in [6.45, 7) is 3.07. The van der Waals surface area contributed by atoms with E-state index < -0.39 is 0 Å². The van der Waals surface area contributed by atoms with Gasteiger partial charge in [0.2, 0.25) is 5.89 Å². The van der Waals surface area contributed by atoms with Crippen molar-refractivity contribution < 1.29 is 4.42 Å². The summed E-state index contributed by atoms with van der Waals surface area (Å²) in [4.78, 5) is 7.98. The number of likely N-dealkylation sites (N-methyl/N-ethyl adjacent to an activating group) is 1. The van der Waals surface area contributed by atoms with Crippen molar-refractivity contribution in [3.63, 3.8) is 0 Å². The summed E-state index contributed by atoms with van der Waals surface area (Å²) in [6, 6.07) is 4.68. The highest BCUT2D eigenvalue weighted by atomic mass is 32.1. The van der Waals surface area contributed by atoms with Gasteiger partial charge in [-0.25, -0.2) is 4.98 Å². The van der Waals surface area contributed by atoms with Crippen LogP contribution in [0.25, 0.3) is 10.8 Å². The summed E-state index contributed by atoms with van der Waals surface area (Å²) in [7, 11) is 2.15. The third-order valence-corrected chi connectivity index (χ3v) is 4.52. The van der Waals surface area contributed by atoms with Gasteiger partial charge < -0.3 is 9.73 Å². The largest absolute Gasteiger partial charge is 0.444 e. The smallest absolute Gasteiger partial charge is 0.236 e. The average molecular weight is 291 g/mol. The quantitative estimate of drug-likeness (QED) is 0.919. The standard InChI is InChI=1S/C15H21N3OS/c1-18(9-12-5-2-3-7-16-12)10-13-11-19-15(17-13)14-6-4-8-20-14/h4,6,8,11-12,16H,2-3,5,7,9-10H2,1H3. The number of oxazole rings is 1. The second-order valence-corrected chi connectivity index (χ2v) is 6.41. The molecule has 1 fully saturated rings. The Hall–Kier alpha value is -1.17. The van der Waals surface area contributed by atoms with Crippen LogP contribution in [0.3, 0.4) is 0 Å². The zero-order chi connectivity index (χ0) is 13.8. The molecular weight excluding hydrogens is 270 g/mol.